The van der Waals surface area contributed by atoms with Crippen molar-refractivity contribution in [3.05, 3.63) is 117 Å². The van der Waals surface area contributed by atoms with Crippen molar-refractivity contribution in [1.82, 2.24) is 18.8 Å². The van der Waals surface area contributed by atoms with Crippen LogP contribution in [-0.2, 0) is 0 Å². The van der Waals surface area contributed by atoms with Crippen molar-refractivity contribution < 1.29 is 0 Å². The summed E-state index contributed by atoms with van der Waals surface area (Å²) >= 11 is 0. The standard InChI is InChI=1S/C42H20N4O2/c1-3-5-21-7-17-31-33(19-21)45-39(43-31)27-13-9-23-26-12-16-30-38-28(40-44-32-18-8-22(6-4-2)20-34(32)46(40)42(30)48)14-10-24(36(26)38)25-11-15-29(41(45)47)37(27)35(23)25/h7-20H,1-2H3. The van der Waals surface area contributed by atoms with Gasteiger partial charge in [-0.2, -0.15) is 0 Å². The van der Waals surface area contributed by atoms with Crippen molar-refractivity contribution in [3.8, 4) is 23.7 Å². The van der Waals surface area contributed by atoms with Crippen molar-refractivity contribution in [2.45, 2.75) is 13.8 Å². The van der Waals surface area contributed by atoms with Crippen molar-refractivity contribution in [2.24, 2.45) is 0 Å². The molecule has 0 unspecified atom stereocenters. The van der Waals surface area contributed by atoms with Gasteiger partial charge in [-0.05, 0) is 107 Å². The zero-order valence-corrected chi connectivity index (χ0v) is 25.7. The fraction of sp³-hybridized carbons (Fsp3) is 0.0476. The summed E-state index contributed by atoms with van der Waals surface area (Å²) in [5, 5.41) is 11.2. The van der Waals surface area contributed by atoms with Crippen LogP contribution in [0.15, 0.2) is 94.5 Å². The fourth-order valence-corrected chi connectivity index (χ4v) is 8.23. The molecule has 0 saturated carbocycles. The highest BCUT2D eigenvalue weighted by Gasteiger charge is 2.24. The SMILES string of the molecule is CC#Cc1ccc2nc3c4ccc5c6ccc7c(=O)n8c9cc(C#CC)ccc9nc8c8ccc(c9ccc(c(=O)n3c2c1)c4c95)c6c78. The quantitative estimate of drug-likeness (QED) is 0.0989. The molecule has 0 N–H and O–H groups in total. The summed E-state index contributed by atoms with van der Waals surface area (Å²) in [4.78, 5) is 38.4. The molecule has 6 nitrogen and oxygen atoms in total. The van der Waals surface area contributed by atoms with Crippen LogP contribution in [0.3, 0.4) is 0 Å². The largest absolute Gasteiger partial charge is 0.268 e. The van der Waals surface area contributed by atoms with Gasteiger partial charge in [0.15, 0.2) is 0 Å². The lowest BCUT2D eigenvalue weighted by atomic mass is 9.86. The molecule has 4 aromatic heterocycles. The smallest absolute Gasteiger partial charge is 0.264 e. The lowest BCUT2D eigenvalue weighted by Crippen LogP contribution is -2.14. The Morgan fingerprint density at radius 1 is 0.458 bits per heavy atom. The minimum Gasteiger partial charge on any atom is -0.268 e. The predicted molar refractivity (Wildman–Crippen MR) is 195 cm³/mol. The topological polar surface area (TPSA) is 68.7 Å². The van der Waals surface area contributed by atoms with Gasteiger partial charge in [-0.25, -0.2) is 9.97 Å². The molecule has 0 amide bonds. The van der Waals surface area contributed by atoms with Crippen molar-refractivity contribution in [2.75, 3.05) is 0 Å². The van der Waals surface area contributed by atoms with Crippen LogP contribution in [0.4, 0.5) is 0 Å². The van der Waals surface area contributed by atoms with Crippen LogP contribution >= 0.6 is 0 Å². The number of fused-ring (bicyclic) bond motifs is 10. The molecular weight excluding hydrogens is 592 g/mol. The van der Waals surface area contributed by atoms with Crippen LogP contribution in [0, 0.1) is 23.7 Å². The number of pyridine rings is 2. The molecule has 0 aliphatic heterocycles. The zero-order valence-electron chi connectivity index (χ0n) is 25.7. The Balaban J connectivity index is 1.31. The lowest BCUT2D eigenvalue weighted by molar-refractivity contribution is 1.19. The summed E-state index contributed by atoms with van der Waals surface area (Å²) in [6, 6.07) is 28.1. The minimum atomic E-state index is -0.0982. The molecule has 11 rings (SSSR count). The van der Waals surface area contributed by atoms with Crippen molar-refractivity contribution >= 4 is 98.0 Å². The van der Waals surface area contributed by atoms with E-state index < -0.39 is 0 Å². The third-order valence-electron chi connectivity index (χ3n) is 10.1. The number of nitrogens with zero attached hydrogens (tertiary/aromatic N) is 4. The predicted octanol–water partition coefficient (Wildman–Crippen LogP) is 7.98. The number of imidazole rings is 2. The molecule has 0 radical (unpaired) electrons. The van der Waals surface area contributed by atoms with E-state index in [-0.39, 0.29) is 11.1 Å². The number of hydrogen-bond donors (Lipinski definition) is 0. The molecule has 0 fully saturated rings. The third-order valence-corrected chi connectivity index (χ3v) is 10.1. The second-order valence-corrected chi connectivity index (χ2v) is 12.5. The van der Waals surface area contributed by atoms with E-state index in [1.807, 2.05) is 48.5 Å². The van der Waals surface area contributed by atoms with Gasteiger partial charge in [-0.3, -0.25) is 18.4 Å². The van der Waals surface area contributed by atoms with Crippen LogP contribution < -0.4 is 11.1 Å². The van der Waals surface area contributed by atoms with Gasteiger partial charge in [0, 0.05) is 43.4 Å². The molecule has 11 aromatic rings. The zero-order chi connectivity index (χ0) is 32.0. The van der Waals surface area contributed by atoms with Crippen molar-refractivity contribution in [3.63, 3.8) is 0 Å². The summed E-state index contributed by atoms with van der Waals surface area (Å²) in [5.74, 6) is 12.1. The molecule has 0 atom stereocenters. The van der Waals surface area contributed by atoms with Crippen molar-refractivity contribution in [1.29, 1.82) is 0 Å². The molecule has 6 heteroatoms. The van der Waals surface area contributed by atoms with Gasteiger partial charge in [-0.1, -0.05) is 36.1 Å². The second-order valence-electron chi connectivity index (χ2n) is 12.5. The maximum absolute atomic E-state index is 14.3. The third kappa shape index (κ3) is 2.88. The van der Waals surface area contributed by atoms with Gasteiger partial charge >= 0.3 is 0 Å². The highest BCUT2D eigenvalue weighted by Crippen LogP contribution is 2.45. The Bertz CT molecular complexity index is 3270. The van der Waals surface area contributed by atoms with E-state index in [9.17, 15) is 9.59 Å². The Labute approximate surface area is 270 Å². The van der Waals surface area contributed by atoms with E-state index in [4.69, 9.17) is 9.97 Å². The van der Waals surface area contributed by atoms with Crippen LogP contribution in [0.25, 0.3) is 98.0 Å². The fourth-order valence-electron chi connectivity index (χ4n) is 8.23. The lowest BCUT2D eigenvalue weighted by Gasteiger charge is -2.18. The van der Waals surface area contributed by atoms with Crippen LogP contribution in [0.1, 0.15) is 25.0 Å². The number of hydrogen-bond acceptors (Lipinski definition) is 4. The molecule has 0 bridgehead atoms. The molecular formula is C42H20N4O2. The maximum atomic E-state index is 14.3. The van der Waals surface area contributed by atoms with E-state index in [2.05, 4.69) is 60.1 Å². The van der Waals surface area contributed by atoms with Gasteiger partial charge in [-0.15, -0.1) is 11.8 Å². The van der Waals surface area contributed by atoms with Gasteiger partial charge in [0.2, 0.25) is 0 Å². The monoisotopic (exact) mass is 612 g/mol. The molecule has 4 heterocycles. The highest BCUT2D eigenvalue weighted by molar-refractivity contribution is 6.40. The Morgan fingerprint density at radius 2 is 0.812 bits per heavy atom. The average molecular weight is 613 g/mol. The number of aromatic nitrogens is 4. The van der Waals surface area contributed by atoms with E-state index in [1.54, 1.807) is 22.6 Å². The second kappa shape index (κ2) is 8.53. The van der Waals surface area contributed by atoms with Gasteiger partial charge in [0.05, 0.1) is 22.1 Å². The molecule has 48 heavy (non-hydrogen) atoms. The Kier molecular flexibility index (Phi) is 4.52. The van der Waals surface area contributed by atoms with Crippen LogP contribution in [-0.4, -0.2) is 18.8 Å². The van der Waals surface area contributed by atoms with E-state index >= 15 is 0 Å². The average Bonchev–Trinajstić information content (AvgIpc) is 3.68. The molecule has 0 aliphatic rings. The summed E-state index contributed by atoms with van der Waals surface area (Å²) in [5.41, 5.74) is 5.80. The Morgan fingerprint density at radius 3 is 1.21 bits per heavy atom. The molecule has 7 aromatic carbocycles. The maximum Gasteiger partial charge on any atom is 0.264 e. The number of rotatable bonds is 0. The van der Waals surface area contributed by atoms with E-state index in [1.165, 1.54) is 0 Å². The summed E-state index contributed by atoms with van der Waals surface area (Å²) in [6.07, 6.45) is 0. The number of benzene rings is 7. The highest BCUT2D eigenvalue weighted by atomic mass is 16.1. The van der Waals surface area contributed by atoms with Crippen LogP contribution in [0.5, 0.6) is 0 Å². The first kappa shape index (κ1) is 25.4. The van der Waals surface area contributed by atoms with E-state index in [0.717, 1.165) is 87.1 Å². The van der Waals surface area contributed by atoms with Gasteiger partial charge in [0.1, 0.15) is 11.3 Å². The minimum absolute atomic E-state index is 0.0982. The summed E-state index contributed by atoms with van der Waals surface area (Å²) in [7, 11) is 0. The first-order valence-electron chi connectivity index (χ1n) is 15.8. The van der Waals surface area contributed by atoms with E-state index in [0.29, 0.717) is 22.1 Å². The van der Waals surface area contributed by atoms with Gasteiger partial charge < -0.3 is 0 Å². The summed E-state index contributed by atoms with van der Waals surface area (Å²) < 4.78 is 3.46. The first-order chi connectivity index (χ1) is 23.6. The molecule has 0 spiro atoms. The molecule has 220 valence electrons. The van der Waals surface area contributed by atoms with Gasteiger partial charge in [0.25, 0.3) is 11.1 Å². The summed E-state index contributed by atoms with van der Waals surface area (Å²) in [6.45, 7) is 3.60. The molecule has 0 saturated heterocycles. The van der Waals surface area contributed by atoms with Crippen LogP contribution in [0.2, 0.25) is 0 Å². The Hall–Kier alpha value is -6.76. The normalized spacial score (nSPS) is 12.2. The molecule has 0 aliphatic carbocycles. The first-order valence-corrected chi connectivity index (χ1v) is 15.8.